The normalized spacial score (nSPS) is 17.6. The third-order valence-corrected chi connectivity index (χ3v) is 3.69. The summed E-state index contributed by atoms with van der Waals surface area (Å²) in [6, 6.07) is 19.6. The maximum absolute atomic E-state index is 3.69. The Morgan fingerprint density at radius 1 is 0.895 bits per heavy atom. The number of rotatable bonds is 2. The molecule has 96 valence electrons. The molecule has 0 fully saturated rings. The van der Waals surface area contributed by atoms with E-state index in [-0.39, 0.29) is 0 Å². The van der Waals surface area contributed by atoms with E-state index < -0.39 is 0 Å². The lowest BCUT2D eigenvalue weighted by Gasteiger charge is -2.31. The van der Waals surface area contributed by atoms with Gasteiger partial charge in [-0.2, -0.15) is 0 Å². The minimum Gasteiger partial charge on any atom is -0.377 e. The van der Waals surface area contributed by atoms with Crippen molar-refractivity contribution in [1.82, 2.24) is 5.32 Å². The number of benzene rings is 2. The monoisotopic (exact) mass is 249 g/mol. The second kappa shape index (κ2) is 4.93. The molecule has 1 aliphatic rings. The molecule has 1 heterocycles. The van der Waals surface area contributed by atoms with Gasteiger partial charge >= 0.3 is 0 Å². The first-order valence-electron chi connectivity index (χ1n) is 6.88. The predicted octanol–water partition coefficient (Wildman–Crippen LogP) is 4.49. The Labute approximate surface area is 115 Å². The second-order valence-corrected chi connectivity index (χ2v) is 5.42. The number of fused-ring (bicyclic) bond motifs is 1. The summed E-state index contributed by atoms with van der Waals surface area (Å²) >= 11 is 0. The van der Waals surface area contributed by atoms with Gasteiger partial charge < -0.3 is 5.32 Å². The molecule has 2 aromatic carbocycles. The summed E-state index contributed by atoms with van der Waals surface area (Å²) < 4.78 is 0. The fourth-order valence-electron chi connectivity index (χ4n) is 2.68. The van der Waals surface area contributed by atoms with Crippen LogP contribution in [0.15, 0.2) is 54.6 Å². The Morgan fingerprint density at radius 2 is 1.58 bits per heavy atom. The van der Waals surface area contributed by atoms with Crippen LogP contribution >= 0.6 is 0 Å². The van der Waals surface area contributed by atoms with Crippen LogP contribution in [0.3, 0.4) is 0 Å². The maximum Gasteiger partial charge on any atom is 0.0542 e. The largest absolute Gasteiger partial charge is 0.377 e. The third kappa shape index (κ3) is 2.28. The summed E-state index contributed by atoms with van der Waals surface area (Å²) in [7, 11) is 0. The van der Waals surface area contributed by atoms with Gasteiger partial charge in [0.2, 0.25) is 0 Å². The lowest BCUT2D eigenvalue weighted by atomic mass is 9.88. The highest BCUT2D eigenvalue weighted by atomic mass is 14.9. The molecule has 0 saturated carbocycles. The topological polar surface area (TPSA) is 12.0 Å². The van der Waals surface area contributed by atoms with Gasteiger partial charge in [0.25, 0.3) is 0 Å². The standard InChI is InChI=1S/C18H19N/c1-13(2)18-16-11-7-6-10-15(16)12-17(19-18)14-8-4-3-5-9-14/h3-13,18-19H,1-2H3. The molecular formula is C18H19N. The SMILES string of the molecule is CC(C)C1NC(c2ccccc2)=Cc2ccccc21. The van der Waals surface area contributed by atoms with Crippen LogP contribution in [0, 0.1) is 5.92 Å². The molecule has 2 aromatic rings. The molecule has 0 saturated heterocycles. The van der Waals surface area contributed by atoms with E-state index in [1.54, 1.807) is 0 Å². The highest BCUT2D eigenvalue weighted by Crippen LogP contribution is 2.33. The summed E-state index contributed by atoms with van der Waals surface area (Å²) in [5.74, 6) is 0.563. The summed E-state index contributed by atoms with van der Waals surface area (Å²) in [6.07, 6.45) is 2.25. The Balaban J connectivity index is 2.08. The first-order chi connectivity index (χ1) is 9.25. The quantitative estimate of drug-likeness (QED) is 0.827. The van der Waals surface area contributed by atoms with E-state index in [2.05, 4.69) is 79.8 Å². The van der Waals surface area contributed by atoms with Crippen molar-refractivity contribution in [3.05, 3.63) is 71.3 Å². The van der Waals surface area contributed by atoms with Gasteiger partial charge in [0.05, 0.1) is 6.04 Å². The van der Waals surface area contributed by atoms with Gasteiger partial charge in [-0.3, -0.25) is 0 Å². The first kappa shape index (κ1) is 12.0. The van der Waals surface area contributed by atoms with Crippen LogP contribution in [0.1, 0.15) is 36.6 Å². The Bertz CT molecular complexity index is 596. The van der Waals surface area contributed by atoms with Gasteiger partial charge in [0, 0.05) is 5.70 Å². The fourth-order valence-corrected chi connectivity index (χ4v) is 2.68. The Kier molecular flexibility index (Phi) is 3.12. The molecule has 1 N–H and O–H groups in total. The highest BCUT2D eigenvalue weighted by Gasteiger charge is 2.23. The molecule has 1 aliphatic heterocycles. The minimum atomic E-state index is 0.386. The van der Waals surface area contributed by atoms with Crippen molar-refractivity contribution in [3.8, 4) is 0 Å². The van der Waals surface area contributed by atoms with Gasteiger partial charge in [-0.25, -0.2) is 0 Å². The Hall–Kier alpha value is -2.02. The first-order valence-corrected chi connectivity index (χ1v) is 6.88. The average molecular weight is 249 g/mol. The lowest BCUT2D eigenvalue weighted by molar-refractivity contribution is 0.462. The van der Waals surface area contributed by atoms with Crippen LogP contribution < -0.4 is 5.32 Å². The second-order valence-electron chi connectivity index (χ2n) is 5.42. The maximum atomic E-state index is 3.69. The van der Waals surface area contributed by atoms with E-state index in [1.807, 2.05) is 0 Å². The molecule has 0 amide bonds. The van der Waals surface area contributed by atoms with Crippen molar-refractivity contribution < 1.29 is 0 Å². The highest BCUT2D eigenvalue weighted by molar-refractivity contribution is 5.83. The van der Waals surface area contributed by atoms with E-state index in [9.17, 15) is 0 Å². The van der Waals surface area contributed by atoms with E-state index >= 15 is 0 Å². The van der Waals surface area contributed by atoms with Gasteiger partial charge in [0.1, 0.15) is 0 Å². The zero-order valence-corrected chi connectivity index (χ0v) is 11.4. The molecule has 1 unspecified atom stereocenters. The van der Waals surface area contributed by atoms with Crippen LogP contribution in [-0.2, 0) is 0 Å². The van der Waals surface area contributed by atoms with E-state index in [4.69, 9.17) is 0 Å². The van der Waals surface area contributed by atoms with Crippen LogP contribution in [0.25, 0.3) is 11.8 Å². The molecule has 0 aromatic heterocycles. The van der Waals surface area contributed by atoms with E-state index in [0.717, 1.165) is 0 Å². The molecule has 0 bridgehead atoms. The zero-order valence-electron chi connectivity index (χ0n) is 11.4. The van der Waals surface area contributed by atoms with Crippen LogP contribution in [0.2, 0.25) is 0 Å². The van der Waals surface area contributed by atoms with Crippen LogP contribution in [-0.4, -0.2) is 0 Å². The molecule has 1 atom stereocenters. The summed E-state index contributed by atoms with van der Waals surface area (Å²) in [5.41, 5.74) is 5.21. The lowest BCUT2D eigenvalue weighted by Crippen LogP contribution is -2.27. The molecule has 1 nitrogen and oxygen atoms in total. The zero-order chi connectivity index (χ0) is 13.2. The predicted molar refractivity (Wildman–Crippen MR) is 81.5 cm³/mol. The Morgan fingerprint density at radius 3 is 2.32 bits per heavy atom. The van der Waals surface area contributed by atoms with Crippen molar-refractivity contribution in [2.45, 2.75) is 19.9 Å². The van der Waals surface area contributed by atoms with Crippen molar-refractivity contribution in [1.29, 1.82) is 0 Å². The molecular weight excluding hydrogens is 230 g/mol. The molecule has 0 aliphatic carbocycles. The van der Waals surface area contributed by atoms with E-state index in [1.165, 1.54) is 22.4 Å². The van der Waals surface area contributed by atoms with Gasteiger partial charge in [0.15, 0.2) is 0 Å². The molecule has 1 heteroatoms. The van der Waals surface area contributed by atoms with Crippen molar-refractivity contribution in [3.63, 3.8) is 0 Å². The molecule has 3 rings (SSSR count). The van der Waals surface area contributed by atoms with E-state index in [0.29, 0.717) is 12.0 Å². The van der Waals surface area contributed by atoms with Gasteiger partial charge in [-0.1, -0.05) is 68.4 Å². The van der Waals surface area contributed by atoms with Gasteiger partial charge in [-0.05, 0) is 28.7 Å². The van der Waals surface area contributed by atoms with Crippen LogP contribution in [0.5, 0.6) is 0 Å². The number of nitrogens with one attached hydrogen (secondary N) is 1. The van der Waals surface area contributed by atoms with Crippen LogP contribution in [0.4, 0.5) is 0 Å². The van der Waals surface area contributed by atoms with Crippen molar-refractivity contribution >= 4 is 11.8 Å². The smallest absolute Gasteiger partial charge is 0.0542 e. The molecule has 19 heavy (non-hydrogen) atoms. The number of hydrogen-bond acceptors (Lipinski definition) is 1. The molecule has 0 radical (unpaired) electrons. The van der Waals surface area contributed by atoms with Crippen molar-refractivity contribution in [2.75, 3.05) is 0 Å². The summed E-state index contributed by atoms with van der Waals surface area (Å²) in [5, 5.41) is 3.69. The molecule has 0 spiro atoms. The average Bonchev–Trinajstić information content (AvgIpc) is 2.47. The minimum absolute atomic E-state index is 0.386. The third-order valence-electron chi connectivity index (χ3n) is 3.69. The van der Waals surface area contributed by atoms with Crippen molar-refractivity contribution in [2.24, 2.45) is 5.92 Å². The van der Waals surface area contributed by atoms with Gasteiger partial charge in [-0.15, -0.1) is 0 Å². The summed E-state index contributed by atoms with van der Waals surface area (Å²) in [4.78, 5) is 0. The summed E-state index contributed by atoms with van der Waals surface area (Å²) in [6.45, 7) is 4.53. The fraction of sp³-hybridized carbons (Fsp3) is 0.222. The number of hydrogen-bond donors (Lipinski definition) is 1.